The summed E-state index contributed by atoms with van der Waals surface area (Å²) < 4.78 is 10.4. The van der Waals surface area contributed by atoms with Crippen LogP contribution in [-0.2, 0) is 14.3 Å². The molecule has 0 saturated carbocycles. The summed E-state index contributed by atoms with van der Waals surface area (Å²) in [7, 11) is 1.33. The molecular weight excluding hydrogens is 432 g/mol. The Morgan fingerprint density at radius 3 is 2.47 bits per heavy atom. The topological polar surface area (TPSA) is 84.9 Å². The number of fused-ring (bicyclic) bond motifs is 1. The van der Waals surface area contributed by atoms with E-state index in [1.165, 1.54) is 12.0 Å². The predicted molar refractivity (Wildman–Crippen MR) is 128 cm³/mol. The van der Waals surface area contributed by atoms with Gasteiger partial charge in [-0.05, 0) is 55.5 Å². The number of rotatable bonds is 4. The molecule has 1 unspecified atom stereocenters. The number of nitrogens with one attached hydrogen (secondary N) is 1. The van der Waals surface area contributed by atoms with E-state index in [9.17, 15) is 14.4 Å². The Balaban J connectivity index is 1.47. The molecule has 1 aliphatic rings. The van der Waals surface area contributed by atoms with E-state index in [4.69, 9.17) is 9.47 Å². The van der Waals surface area contributed by atoms with Gasteiger partial charge in [0.05, 0.1) is 18.4 Å². The van der Waals surface area contributed by atoms with Gasteiger partial charge in [-0.25, -0.2) is 4.79 Å². The zero-order valence-electron chi connectivity index (χ0n) is 18.7. The maximum absolute atomic E-state index is 12.7. The number of carbonyl (C=O) groups excluding carboxylic acids is 3. The molecule has 4 rings (SSSR count). The quantitative estimate of drug-likeness (QED) is 0.481. The lowest BCUT2D eigenvalue weighted by Crippen LogP contribution is -2.47. The third kappa shape index (κ3) is 5.08. The highest BCUT2D eigenvalue weighted by Crippen LogP contribution is 2.33. The minimum Gasteiger partial charge on any atom is -0.479 e. The third-order valence-corrected chi connectivity index (χ3v) is 5.16. The van der Waals surface area contributed by atoms with E-state index >= 15 is 0 Å². The van der Waals surface area contributed by atoms with Crippen molar-refractivity contribution in [3.63, 3.8) is 0 Å². The summed E-state index contributed by atoms with van der Waals surface area (Å²) in [5.41, 5.74) is 2.89. The summed E-state index contributed by atoms with van der Waals surface area (Å²) in [6.07, 6.45) is -0.668. The molecule has 170 valence electrons. The minimum absolute atomic E-state index is 0.139. The fourth-order valence-corrected chi connectivity index (χ4v) is 3.53. The van der Waals surface area contributed by atoms with Gasteiger partial charge in [0.25, 0.3) is 5.91 Å². The Bertz CT molecular complexity index is 1320. The van der Waals surface area contributed by atoms with E-state index in [2.05, 4.69) is 17.2 Å². The molecule has 34 heavy (non-hydrogen) atoms. The Kier molecular flexibility index (Phi) is 6.60. The maximum Gasteiger partial charge on any atom is 0.337 e. The van der Waals surface area contributed by atoms with Gasteiger partial charge in [0.15, 0.2) is 6.10 Å². The molecule has 1 atom stereocenters. The third-order valence-electron chi connectivity index (χ3n) is 5.16. The second-order valence-electron chi connectivity index (χ2n) is 7.60. The Morgan fingerprint density at radius 2 is 1.71 bits per heavy atom. The van der Waals surface area contributed by atoms with Crippen molar-refractivity contribution in [2.45, 2.75) is 13.0 Å². The molecule has 0 radical (unpaired) electrons. The average Bonchev–Trinajstić information content (AvgIpc) is 2.85. The van der Waals surface area contributed by atoms with Crippen LogP contribution >= 0.6 is 0 Å². The van der Waals surface area contributed by atoms with E-state index in [0.717, 1.165) is 0 Å². The maximum atomic E-state index is 12.7. The number of benzene rings is 3. The highest BCUT2D eigenvalue weighted by atomic mass is 16.5. The van der Waals surface area contributed by atoms with Crippen LogP contribution in [0.2, 0.25) is 0 Å². The molecule has 0 aromatic heterocycles. The van der Waals surface area contributed by atoms with Gasteiger partial charge in [0.2, 0.25) is 5.91 Å². The Hall–Kier alpha value is -4.57. The predicted octanol–water partition coefficient (Wildman–Crippen LogP) is 3.63. The molecular formula is C27H22N2O5. The molecule has 0 aliphatic carbocycles. The van der Waals surface area contributed by atoms with Gasteiger partial charge in [0.1, 0.15) is 12.3 Å². The van der Waals surface area contributed by atoms with Crippen LogP contribution in [0.3, 0.4) is 0 Å². The van der Waals surface area contributed by atoms with E-state index < -0.39 is 12.1 Å². The number of nitrogens with zero attached hydrogens (tertiary/aromatic N) is 1. The van der Waals surface area contributed by atoms with E-state index in [1.54, 1.807) is 67.6 Å². The second-order valence-corrected chi connectivity index (χ2v) is 7.60. The van der Waals surface area contributed by atoms with Crippen LogP contribution < -0.4 is 15.0 Å². The first-order chi connectivity index (χ1) is 16.4. The molecule has 1 N–H and O–H groups in total. The monoisotopic (exact) mass is 454 g/mol. The van der Waals surface area contributed by atoms with E-state index in [-0.39, 0.29) is 18.4 Å². The zero-order valence-corrected chi connectivity index (χ0v) is 18.7. The summed E-state index contributed by atoms with van der Waals surface area (Å²) in [5, 5.41) is 2.82. The molecule has 1 aliphatic heterocycles. The van der Waals surface area contributed by atoms with Crippen LogP contribution in [0.4, 0.5) is 11.4 Å². The minimum atomic E-state index is -0.668. The molecule has 3 aromatic carbocycles. The highest BCUT2D eigenvalue weighted by Gasteiger charge is 2.32. The van der Waals surface area contributed by atoms with Crippen molar-refractivity contribution in [1.82, 2.24) is 0 Å². The Labute approximate surface area is 197 Å². The number of hydrogen-bond donors (Lipinski definition) is 1. The van der Waals surface area contributed by atoms with Gasteiger partial charge in [-0.2, -0.15) is 0 Å². The fourth-order valence-electron chi connectivity index (χ4n) is 3.53. The van der Waals surface area contributed by atoms with Crippen LogP contribution in [0.15, 0.2) is 72.8 Å². The number of ether oxygens (including phenoxy) is 2. The van der Waals surface area contributed by atoms with Crippen molar-refractivity contribution in [1.29, 1.82) is 0 Å². The molecule has 7 heteroatoms. The number of esters is 1. The molecule has 0 spiro atoms. The number of hydrogen-bond acceptors (Lipinski definition) is 5. The summed E-state index contributed by atoms with van der Waals surface area (Å²) >= 11 is 0. The van der Waals surface area contributed by atoms with Crippen LogP contribution in [0.25, 0.3) is 0 Å². The molecule has 0 fully saturated rings. The fraction of sp³-hybridized carbons (Fsp3) is 0.148. The van der Waals surface area contributed by atoms with E-state index in [1.807, 2.05) is 12.1 Å². The van der Waals surface area contributed by atoms with Gasteiger partial charge in [-0.3, -0.25) is 14.5 Å². The smallest absolute Gasteiger partial charge is 0.337 e. The van der Waals surface area contributed by atoms with Crippen molar-refractivity contribution in [2.24, 2.45) is 0 Å². The van der Waals surface area contributed by atoms with Crippen molar-refractivity contribution in [3.8, 4) is 17.6 Å². The van der Waals surface area contributed by atoms with Crippen molar-refractivity contribution in [3.05, 3.63) is 89.5 Å². The van der Waals surface area contributed by atoms with Crippen LogP contribution in [0.5, 0.6) is 5.75 Å². The van der Waals surface area contributed by atoms with Crippen LogP contribution in [-0.4, -0.2) is 37.5 Å². The first-order valence-electron chi connectivity index (χ1n) is 10.6. The van der Waals surface area contributed by atoms with Gasteiger partial charge in [0, 0.05) is 16.8 Å². The first-order valence-corrected chi connectivity index (χ1v) is 10.6. The highest BCUT2D eigenvalue weighted by molar-refractivity contribution is 6.06. The number of para-hydroxylation sites is 2. The molecule has 0 saturated heterocycles. The normalized spacial score (nSPS) is 14.2. The van der Waals surface area contributed by atoms with Crippen LogP contribution in [0, 0.1) is 11.8 Å². The van der Waals surface area contributed by atoms with Crippen LogP contribution in [0.1, 0.15) is 28.4 Å². The molecule has 2 amide bonds. The van der Waals surface area contributed by atoms with Gasteiger partial charge < -0.3 is 14.8 Å². The summed E-state index contributed by atoms with van der Waals surface area (Å²) in [6.45, 7) is 1.52. The van der Waals surface area contributed by atoms with E-state index in [0.29, 0.717) is 33.8 Å². The second kappa shape index (κ2) is 9.92. The molecule has 0 bridgehead atoms. The number of carbonyl (C=O) groups is 3. The van der Waals surface area contributed by atoms with Gasteiger partial charge in [-0.15, -0.1) is 0 Å². The van der Waals surface area contributed by atoms with Gasteiger partial charge >= 0.3 is 5.97 Å². The SMILES string of the molecule is COC(=O)c1cccc(C#Cc2cccc(NC(=O)CN3C(=O)C(C)Oc4ccccc43)c2)c1. The lowest BCUT2D eigenvalue weighted by atomic mass is 10.1. The molecule has 1 heterocycles. The number of anilines is 2. The summed E-state index contributed by atoms with van der Waals surface area (Å²) in [6, 6.07) is 21.1. The Morgan fingerprint density at radius 1 is 1.00 bits per heavy atom. The summed E-state index contributed by atoms with van der Waals surface area (Å²) in [5.74, 6) is 5.57. The summed E-state index contributed by atoms with van der Waals surface area (Å²) in [4.78, 5) is 38.5. The lowest BCUT2D eigenvalue weighted by Gasteiger charge is -2.32. The zero-order chi connectivity index (χ0) is 24.1. The molecule has 7 nitrogen and oxygen atoms in total. The van der Waals surface area contributed by atoms with Crippen molar-refractivity contribution in [2.75, 3.05) is 23.9 Å². The van der Waals surface area contributed by atoms with Crippen molar-refractivity contribution >= 4 is 29.2 Å². The number of methoxy groups -OCH3 is 1. The number of amides is 2. The average molecular weight is 454 g/mol. The van der Waals surface area contributed by atoms with Crippen molar-refractivity contribution < 1.29 is 23.9 Å². The van der Waals surface area contributed by atoms with Gasteiger partial charge in [-0.1, -0.05) is 36.1 Å². The lowest BCUT2D eigenvalue weighted by molar-refractivity contribution is -0.127. The molecule has 3 aromatic rings. The standard InChI is InChI=1S/C27H22N2O5/c1-18-26(31)29(23-11-3-4-12-24(23)34-18)17-25(30)28-22-10-6-8-20(16-22)14-13-19-7-5-9-21(15-19)27(32)33-2/h3-12,15-16,18H,17H2,1-2H3,(H,28,30). The largest absolute Gasteiger partial charge is 0.479 e. The first kappa shape index (κ1) is 22.6.